The molecule has 0 unspecified atom stereocenters. The highest BCUT2D eigenvalue weighted by Gasteiger charge is 2.22. The van der Waals surface area contributed by atoms with Gasteiger partial charge in [-0.15, -0.1) is 0 Å². The van der Waals surface area contributed by atoms with E-state index in [9.17, 15) is 0 Å². The van der Waals surface area contributed by atoms with Crippen LogP contribution in [0.3, 0.4) is 0 Å². The number of nitrogens with one attached hydrogen (secondary N) is 1. The summed E-state index contributed by atoms with van der Waals surface area (Å²) in [6, 6.07) is 10.9. The number of hydrogen-bond donors (Lipinski definition) is 1. The van der Waals surface area contributed by atoms with Gasteiger partial charge in [-0.1, -0.05) is 37.5 Å². The molecule has 1 aromatic rings. The number of rotatable bonds is 5. The zero-order valence-corrected chi connectivity index (χ0v) is 13.8. The molecule has 0 aliphatic heterocycles. The van der Waals surface area contributed by atoms with Gasteiger partial charge in [0, 0.05) is 24.0 Å². The Morgan fingerprint density at radius 3 is 2.60 bits per heavy atom. The largest absolute Gasteiger partial charge is 0.345 e. The number of thiocarbonyl (C=S) groups is 1. The summed E-state index contributed by atoms with van der Waals surface area (Å²) in [5.41, 5.74) is 1.09. The Labute approximate surface area is 132 Å². The molecule has 4 heteroatoms. The van der Waals surface area contributed by atoms with Gasteiger partial charge < -0.3 is 10.2 Å². The number of anilines is 1. The van der Waals surface area contributed by atoms with E-state index in [1.54, 1.807) is 0 Å². The predicted molar refractivity (Wildman–Crippen MR) is 94.6 cm³/mol. The molecular formula is C16H24N2S2. The topological polar surface area (TPSA) is 15.3 Å². The number of hydrogen-bond acceptors (Lipinski definition) is 2. The maximum atomic E-state index is 5.66. The Morgan fingerprint density at radius 2 is 1.95 bits per heavy atom. The SMILES string of the molecule is CSCCN(C(=S)Nc1ccccc1)C1CCCCC1. The van der Waals surface area contributed by atoms with E-state index in [1.165, 1.54) is 32.1 Å². The smallest absolute Gasteiger partial charge is 0.173 e. The predicted octanol–water partition coefficient (Wildman–Crippen LogP) is 4.38. The summed E-state index contributed by atoms with van der Waals surface area (Å²) in [6.45, 7) is 1.05. The van der Waals surface area contributed by atoms with Gasteiger partial charge in [-0.05, 0) is 43.4 Å². The van der Waals surface area contributed by atoms with Crippen LogP contribution in [-0.2, 0) is 0 Å². The van der Waals surface area contributed by atoms with E-state index in [2.05, 4.69) is 28.6 Å². The fourth-order valence-electron chi connectivity index (χ4n) is 2.75. The zero-order chi connectivity index (χ0) is 14.2. The lowest BCUT2D eigenvalue weighted by Crippen LogP contribution is -2.44. The van der Waals surface area contributed by atoms with Crippen LogP contribution in [-0.4, -0.2) is 34.6 Å². The van der Waals surface area contributed by atoms with Crippen molar-refractivity contribution < 1.29 is 0 Å². The molecule has 1 saturated carbocycles. The van der Waals surface area contributed by atoms with Crippen LogP contribution in [0, 0.1) is 0 Å². The minimum atomic E-state index is 0.625. The summed E-state index contributed by atoms with van der Waals surface area (Å²) < 4.78 is 0. The van der Waals surface area contributed by atoms with E-state index in [0.29, 0.717) is 6.04 Å². The number of nitrogens with zero attached hydrogens (tertiary/aromatic N) is 1. The zero-order valence-electron chi connectivity index (χ0n) is 12.2. The van der Waals surface area contributed by atoms with Crippen molar-refractivity contribution in [2.75, 3.05) is 23.9 Å². The Morgan fingerprint density at radius 1 is 1.25 bits per heavy atom. The highest BCUT2D eigenvalue weighted by Crippen LogP contribution is 2.23. The first-order valence-corrected chi connectivity index (χ1v) is 9.23. The maximum absolute atomic E-state index is 5.66. The van der Waals surface area contributed by atoms with Gasteiger partial charge in [0.15, 0.2) is 5.11 Å². The van der Waals surface area contributed by atoms with Crippen molar-refractivity contribution >= 4 is 34.8 Å². The lowest BCUT2D eigenvalue weighted by Gasteiger charge is -2.36. The average molecular weight is 309 g/mol. The van der Waals surface area contributed by atoms with Crippen LogP contribution in [0.5, 0.6) is 0 Å². The first-order chi connectivity index (χ1) is 9.81. The Hall–Kier alpha value is -0.740. The number of thioether (sulfide) groups is 1. The van der Waals surface area contributed by atoms with Crippen molar-refractivity contribution in [2.24, 2.45) is 0 Å². The summed E-state index contributed by atoms with van der Waals surface area (Å²) in [5, 5.41) is 4.28. The van der Waals surface area contributed by atoms with E-state index in [4.69, 9.17) is 12.2 Å². The fraction of sp³-hybridized carbons (Fsp3) is 0.562. The van der Waals surface area contributed by atoms with E-state index in [-0.39, 0.29) is 0 Å². The molecule has 0 amide bonds. The first kappa shape index (κ1) is 15.6. The van der Waals surface area contributed by atoms with Crippen LogP contribution in [0.15, 0.2) is 30.3 Å². The van der Waals surface area contributed by atoms with Crippen molar-refractivity contribution in [3.8, 4) is 0 Å². The normalized spacial score (nSPS) is 15.8. The van der Waals surface area contributed by atoms with Crippen molar-refractivity contribution in [3.05, 3.63) is 30.3 Å². The number of para-hydroxylation sites is 1. The summed E-state index contributed by atoms with van der Waals surface area (Å²) in [5.74, 6) is 1.13. The second-order valence-electron chi connectivity index (χ2n) is 5.27. The van der Waals surface area contributed by atoms with Crippen molar-refractivity contribution in [1.29, 1.82) is 0 Å². The molecule has 110 valence electrons. The molecule has 0 spiro atoms. The average Bonchev–Trinajstić information content (AvgIpc) is 2.50. The molecule has 1 aliphatic rings. The van der Waals surface area contributed by atoms with Crippen molar-refractivity contribution in [3.63, 3.8) is 0 Å². The van der Waals surface area contributed by atoms with Crippen molar-refractivity contribution in [1.82, 2.24) is 4.90 Å². The van der Waals surface area contributed by atoms with Crippen LogP contribution in [0.2, 0.25) is 0 Å². The molecule has 2 nitrogen and oxygen atoms in total. The van der Waals surface area contributed by atoms with Gasteiger partial charge >= 0.3 is 0 Å². The van der Waals surface area contributed by atoms with E-state index in [1.807, 2.05) is 30.0 Å². The molecule has 0 saturated heterocycles. The summed E-state index contributed by atoms with van der Waals surface area (Å²) in [7, 11) is 0. The highest BCUT2D eigenvalue weighted by molar-refractivity contribution is 7.98. The molecule has 0 radical (unpaired) electrons. The third-order valence-electron chi connectivity index (χ3n) is 3.84. The standard InChI is InChI=1S/C16H24N2S2/c1-20-13-12-18(15-10-6-3-7-11-15)16(19)17-14-8-4-2-5-9-14/h2,4-5,8-9,15H,3,6-7,10-13H2,1H3,(H,17,19). The van der Waals surface area contributed by atoms with Gasteiger partial charge in [0.05, 0.1) is 0 Å². The second kappa shape index (κ2) is 8.53. The molecule has 0 heterocycles. The highest BCUT2D eigenvalue weighted by atomic mass is 32.2. The minimum absolute atomic E-state index is 0.625. The lowest BCUT2D eigenvalue weighted by atomic mass is 9.94. The summed E-state index contributed by atoms with van der Waals surface area (Å²) >= 11 is 7.55. The molecule has 1 aromatic carbocycles. The molecule has 1 aliphatic carbocycles. The quantitative estimate of drug-likeness (QED) is 0.812. The van der Waals surface area contributed by atoms with Crippen LogP contribution in [0.25, 0.3) is 0 Å². The molecule has 0 aromatic heterocycles. The van der Waals surface area contributed by atoms with Crippen molar-refractivity contribution in [2.45, 2.75) is 38.1 Å². The molecular weight excluding hydrogens is 284 g/mol. The summed E-state index contributed by atoms with van der Waals surface area (Å²) in [4.78, 5) is 2.41. The molecule has 1 N–H and O–H groups in total. The second-order valence-corrected chi connectivity index (χ2v) is 6.65. The molecule has 0 atom stereocenters. The molecule has 2 rings (SSSR count). The molecule has 1 fully saturated rings. The van der Waals surface area contributed by atoms with Crippen LogP contribution < -0.4 is 5.32 Å². The van der Waals surface area contributed by atoms with Gasteiger partial charge in [0.1, 0.15) is 0 Å². The summed E-state index contributed by atoms with van der Waals surface area (Å²) in [6.07, 6.45) is 8.79. The third kappa shape index (κ3) is 4.67. The van der Waals surface area contributed by atoms with E-state index in [0.717, 1.165) is 23.1 Å². The number of benzene rings is 1. The maximum Gasteiger partial charge on any atom is 0.173 e. The van der Waals surface area contributed by atoms with Gasteiger partial charge in [-0.3, -0.25) is 0 Å². The minimum Gasteiger partial charge on any atom is -0.345 e. The fourth-order valence-corrected chi connectivity index (χ4v) is 3.49. The third-order valence-corrected chi connectivity index (χ3v) is 4.77. The first-order valence-electron chi connectivity index (χ1n) is 7.43. The Balaban J connectivity index is 1.99. The van der Waals surface area contributed by atoms with Gasteiger partial charge in [-0.2, -0.15) is 11.8 Å². The lowest BCUT2D eigenvalue weighted by molar-refractivity contribution is 0.256. The van der Waals surface area contributed by atoms with Crippen LogP contribution in [0.4, 0.5) is 5.69 Å². The van der Waals surface area contributed by atoms with Crippen LogP contribution in [0.1, 0.15) is 32.1 Å². The van der Waals surface area contributed by atoms with Gasteiger partial charge in [-0.25, -0.2) is 0 Å². The van der Waals surface area contributed by atoms with E-state index >= 15 is 0 Å². The Bertz CT molecular complexity index is 402. The molecule has 0 bridgehead atoms. The van der Waals surface area contributed by atoms with E-state index < -0.39 is 0 Å². The van der Waals surface area contributed by atoms with Gasteiger partial charge in [0.2, 0.25) is 0 Å². The van der Waals surface area contributed by atoms with Gasteiger partial charge in [0.25, 0.3) is 0 Å². The van der Waals surface area contributed by atoms with Crippen LogP contribution >= 0.6 is 24.0 Å². The molecule has 20 heavy (non-hydrogen) atoms. The Kier molecular flexibility index (Phi) is 6.67. The monoisotopic (exact) mass is 308 g/mol.